The highest BCUT2D eigenvalue weighted by Crippen LogP contribution is 2.26. The second-order valence-electron chi connectivity index (χ2n) is 7.38. The molecule has 0 spiro atoms. The molecule has 1 rings (SSSR count). The molecule has 1 aromatic carbocycles. The Hall–Kier alpha value is -1.03. The summed E-state index contributed by atoms with van der Waals surface area (Å²) in [6, 6.07) is 8.06. The minimum Gasteiger partial charge on any atom is -0.338 e. The number of nitrogens with one attached hydrogen (secondary N) is 2. The number of rotatable bonds is 5. The number of benzene rings is 1. The molecule has 0 radical (unpaired) electrons. The van der Waals surface area contributed by atoms with Crippen LogP contribution in [0.2, 0.25) is 0 Å². The molecule has 2 amide bonds. The van der Waals surface area contributed by atoms with Gasteiger partial charge in [-0.1, -0.05) is 48.8 Å². The molecule has 0 unspecified atom stereocenters. The van der Waals surface area contributed by atoms with Crippen molar-refractivity contribution in [1.82, 2.24) is 10.6 Å². The average Bonchev–Trinajstić information content (AvgIpc) is 2.27. The van der Waals surface area contributed by atoms with Crippen LogP contribution in [0, 0.1) is 5.41 Å². The number of hydrogen-bond donors (Lipinski definition) is 2. The van der Waals surface area contributed by atoms with E-state index in [1.165, 1.54) is 5.56 Å². The van der Waals surface area contributed by atoms with Crippen molar-refractivity contribution in [2.45, 2.75) is 53.0 Å². The second kappa shape index (κ2) is 7.30. The number of hydrogen-bond acceptors (Lipinski definition) is 1. The van der Waals surface area contributed by atoms with E-state index in [0.29, 0.717) is 6.54 Å². The Morgan fingerprint density at radius 2 is 1.67 bits per heavy atom. The fraction of sp³-hybridized carbons (Fsp3) is 0.588. The fourth-order valence-electron chi connectivity index (χ4n) is 2.69. The number of urea groups is 1. The van der Waals surface area contributed by atoms with E-state index in [1.807, 2.05) is 12.1 Å². The Balaban J connectivity index is 2.35. The van der Waals surface area contributed by atoms with Gasteiger partial charge in [0.2, 0.25) is 0 Å². The molecule has 0 aromatic heterocycles. The van der Waals surface area contributed by atoms with Crippen molar-refractivity contribution in [1.29, 1.82) is 0 Å². The van der Waals surface area contributed by atoms with Crippen molar-refractivity contribution < 1.29 is 4.79 Å². The summed E-state index contributed by atoms with van der Waals surface area (Å²) in [5, 5.41) is 5.98. The maximum Gasteiger partial charge on any atom is 0.315 e. The Kier molecular flexibility index (Phi) is 6.26. The topological polar surface area (TPSA) is 41.1 Å². The molecule has 21 heavy (non-hydrogen) atoms. The first-order chi connectivity index (χ1) is 9.57. The van der Waals surface area contributed by atoms with Crippen molar-refractivity contribution in [3.8, 4) is 0 Å². The quantitative estimate of drug-likeness (QED) is 0.802. The molecule has 0 fully saturated rings. The molecular weight excluding hydrogens is 328 g/mol. The second-order valence-corrected chi connectivity index (χ2v) is 8.29. The van der Waals surface area contributed by atoms with Crippen LogP contribution in [0.15, 0.2) is 28.7 Å². The molecule has 4 heteroatoms. The average molecular weight is 355 g/mol. The van der Waals surface area contributed by atoms with Gasteiger partial charge in [-0.25, -0.2) is 4.79 Å². The first kappa shape index (κ1) is 18.0. The molecule has 0 saturated heterocycles. The van der Waals surface area contributed by atoms with Crippen molar-refractivity contribution in [2.75, 3.05) is 6.54 Å². The van der Waals surface area contributed by atoms with Crippen LogP contribution in [0.25, 0.3) is 0 Å². The van der Waals surface area contributed by atoms with Gasteiger partial charge in [-0.05, 0) is 49.8 Å². The molecule has 0 atom stereocenters. The molecule has 0 saturated carbocycles. The van der Waals surface area contributed by atoms with Crippen molar-refractivity contribution >= 4 is 22.0 Å². The van der Waals surface area contributed by atoms with E-state index in [-0.39, 0.29) is 17.0 Å². The van der Waals surface area contributed by atoms with E-state index < -0.39 is 0 Å². The van der Waals surface area contributed by atoms with Crippen molar-refractivity contribution in [3.05, 3.63) is 34.3 Å². The normalized spacial score (nSPS) is 12.1. The summed E-state index contributed by atoms with van der Waals surface area (Å²) in [5.74, 6) is 0. The van der Waals surface area contributed by atoms with E-state index in [2.05, 4.69) is 73.3 Å². The number of carbonyl (C=O) groups excluding carboxylic acids is 1. The van der Waals surface area contributed by atoms with Crippen LogP contribution < -0.4 is 10.6 Å². The Labute approximate surface area is 137 Å². The predicted octanol–water partition coefficient (Wildman–Crippen LogP) is 4.51. The summed E-state index contributed by atoms with van der Waals surface area (Å²) in [7, 11) is 0. The molecule has 0 aliphatic rings. The molecule has 118 valence electrons. The monoisotopic (exact) mass is 354 g/mol. The van der Waals surface area contributed by atoms with Crippen LogP contribution in [-0.2, 0) is 6.42 Å². The van der Waals surface area contributed by atoms with Gasteiger partial charge >= 0.3 is 6.03 Å². The Bertz CT molecular complexity index is 461. The molecule has 0 bridgehead atoms. The van der Waals surface area contributed by atoms with Gasteiger partial charge in [0.25, 0.3) is 0 Å². The molecule has 1 aromatic rings. The summed E-state index contributed by atoms with van der Waals surface area (Å²) in [6.07, 6.45) is 1.76. The first-order valence-corrected chi connectivity index (χ1v) is 8.17. The van der Waals surface area contributed by atoms with Crippen LogP contribution in [-0.4, -0.2) is 18.1 Å². The smallest absolute Gasteiger partial charge is 0.315 e. The van der Waals surface area contributed by atoms with Crippen molar-refractivity contribution in [3.63, 3.8) is 0 Å². The highest BCUT2D eigenvalue weighted by molar-refractivity contribution is 9.10. The van der Waals surface area contributed by atoms with E-state index in [0.717, 1.165) is 17.3 Å². The van der Waals surface area contributed by atoms with E-state index >= 15 is 0 Å². The molecule has 0 aliphatic carbocycles. The van der Waals surface area contributed by atoms with Crippen LogP contribution in [0.3, 0.4) is 0 Å². The van der Waals surface area contributed by atoms with Gasteiger partial charge < -0.3 is 10.6 Å². The third-order valence-corrected chi connectivity index (χ3v) is 3.57. The minimum absolute atomic E-state index is 0.0960. The maximum absolute atomic E-state index is 12.0. The molecule has 0 aliphatic heterocycles. The summed E-state index contributed by atoms with van der Waals surface area (Å²) < 4.78 is 1.07. The summed E-state index contributed by atoms with van der Waals surface area (Å²) in [5.41, 5.74) is 1.20. The van der Waals surface area contributed by atoms with Crippen LogP contribution in [0.5, 0.6) is 0 Å². The Morgan fingerprint density at radius 1 is 1.10 bits per heavy atom. The van der Waals surface area contributed by atoms with Gasteiger partial charge in [0.15, 0.2) is 0 Å². The van der Waals surface area contributed by atoms with Gasteiger partial charge in [0, 0.05) is 16.6 Å². The fourth-order valence-corrected chi connectivity index (χ4v) is 2.96. The van der Waals surface area contributed by atoms with Gasteiger partial charge in [-0.15, -0.1) is 0 Å². The van der Waals surface area contributed by atoms with Crippen LogP contribution in [0.4, 0.5) is 4.79 Å². The largest absolute Gasteiger partial charge is 0.338 e. The molecule has 3 nitrogen and oxygen atoms in total. The molecule has 0 heterocycles. The lowest BCUT2D eigenvalue weighted by atomic mass is 9.82. The third-order valence-electron chi connectivity index (χ3n) is 3.04. The zero-order chi connectivity index (χ0) is 16.1. The summed E-state index contributed by atoms with van der Waals surface area (Å²) >= 11 is 3.41. The third kappa shape index (κ3) is 8.10. The van der Waals surface area contributed by atoms with Gasteiger partial charge in [-0.2, -0.15) is 0 Å². The lowest BCUT2D eigenvalue weighted by Crippen LogP contribution is -2.50. The zero-order valence-corrected chi connectivity index (χ0v) is 15.3. The number of amides is 2. The lowest BCUT2D eigenvalue weighted by Gasteiger charge is -2.33. The van der Waals surface area contributed by atoms with Gasteiger partial charge in [0.1, 0.15) is 0 Å². The van der Waals surface area contributed by atoms with E-state index in [1.54, 1.807) is 0 Å². The van der Waals surface area contributed by atoms with Crippen LogP contribution >= 0.6 is 15.9 Å². The predicted molar refractivity (Wildman–Crippen MR) is 92.5 cm³/mol. The van der Waals surface area contributed by atoms with Gasteiger partial charge in [0.05, 0.1) is 0 Å². The number of halogens is 1. The summed E-state index contributed by atoms with van der Waals surface area (Å²) in [4.78, 5) is 12.0. The first-order valence-electron chi connectivity index (χ1n) is 7.38. The van der Waals surface area contributed by atoms with Gasteiger partial charge in [-0.3, -0.25) is 0 Å². The molecular formula is C17H27BrN2O. The Morgan fingerprint density at radius 3 is 2.19 bits per heavy atom. The SMILES string of the molecule is CC(C)(C)CC(C)(C)NC(=O)NCCc1ccc(Br)cc1. The molecule has 2 N–H and O–H groups in total. The maximum atomic E-state index is 12.0. The van der Waals surface area contributed by atoms with Crippen LogP contribution in [0.1, 0.15) is 46.6 Å². The standard InChI is InChI=1S/C17H27BrN2O/c1-16(2,3)12-17(4,5)20-15(21)19-11-10-13-6-8-14(18)9-7-13/h6-9H,10-12H2,1-5H3,(H2,19,20,21). The zero-order valence-electron chi connectivity index (χ0n) is 13.7. The summed E-state index contributed by atoms with van der Waals surface area (Å²) in [6.45, 7) is 11.3. The highest BCUT2D eigenvalue weighted by Gasteiger charge is 2.26. The minimum atomic E-state index is -0.208. The van der Waals surface area contributed by atoms with E-state index in [9.17, 15) is 4.79 Å². The highest BCUT2D eigenvalue weighted by atomic mass is 79.9. The van der Waals surface area contributed by atoms with Crippen molar-refractivity contribution in [2.24, 2.45) is 5.41 Å². The lowest BCUT2D eigenvalue weighted by molar-refractivity contribution is 0.210. The number of carbonyl (C=O) groups is 1. The van der Waals surface area contributed by atoms with E-state index in [4.69, 9.17) is 0 Å².